The average molecular weight is 371 g/mol. The number of hydrogen-bond donors (Lipinski definition) is 1. The fourth-order valence-electron chi connectivity index (χ4n) is 5.30. The Hall–Kier alpha value is -0.250. The third-order valence-corrected chi connectivity index (χ3v) is 7.30. The molecule has 0 spiro atoms. The van der Waals surface area contributed by atoms with Gasteiger partial charge in [0, 0.05) is 11.5 Å². The van der Waals surface area contributed by atoms with Crippen molar-refractivity contribution in [1.29, 1.82) is 0 Å². The van der Waals surface area contributed by atoms with E-state index in [0.29, 0.717) is 11.1 Å². The minimum Gasteiger partial charge on any atom is -0.505 e. The predicted octanol–water partition coefficient (Wildman–Crippen LogP) is 4.50. The minimum atomic E-state index is 0.228. The minimum absolute atomic E-state index is 0.228. The maximum atomic E-state index is 10.3. The van der Waals surface area contributed by atoms with Crippen molar-refractivity contribution in [3.8, 4) is 5.75 Å². The molecule has 1 heterocycles. The summed E-state index contributed by atoms with van der Waals surface area (Å²) in [6, 6.07) is 2.65. The van der Waals surface area contributed by atoms with E-state index in [4.69, 9.17) is 11.6 Å². The zero-order valence-corrected chi connectivity index (χ0v) is 14.7. The molecule has 114 valence electrons. The van der Waals surface area contributed by atoms with E-state index >= 15 is 0 Å². The highest BCUT2D eigenvalue weighted by Crippen LogP contribution is 2.58. The lowest BCUT2D eigenvalue weighted by atomic mass is 9.52. The number of piperidine rings is 1. The first-order valence-electron chi connectivity index (χ1n) is 7.95. The van der Waals surface area contributed by atoms with E-state index in [9.17, 15) is 5.11 Å². The summed E-state index contributed by atoms with van der Waals surface area (Å²) < 4.78 is 0.861. The van der Waals surface area contributed by atoms with Crippen molar-refractivity contribution in [2.45, 2.75) is 50.0 Å². The summed E-state index contributed by atoms with van der Waals surface area (Å²) >= 11 is 9.89. The molecule has 1 saturated carbocycles. The van der Waals surface area contributed by atoms with Gasteiger partial charge >= 0.3 is 0 Å². The molecule has 1 aromatic carbocycles. The Balaban J connectivity index is 1.97. The summed E-state index contributed by atoms with van der Waals surface area (Å²) in [7, 11) is 2.27. The summed E-state index contributed by atoms with van der Waals surface area (Å²) in [5.74, 6) is 0.959. The number of likely N-dealkylation sites (tertiary alicyclic amines) is 1. The molecule has 0 amide bonds. The molecule has 0 aromatic heterocycles. The molecule has 2 nitrogen and oxygen atoms in total. The van der Waals surface area contributed by atoms with Gasteiger partial charge in [0.25, 0.3) is 0 Å². The molecule has 21 heavy (non-hydrogen) atoms. The quantitative estimate of drug-likeness (QED) is 0.727. The van der Waals surface area contributed by atoms with E-state index in [1.165, 1.54) is 43.2 Å². The molecule has 4 heteroatoms. The number of likely N-dealkylation sites (N-methyl/N-ethyl adjacent to an activating group) is 1. The van der Waals surface area contributed by atoms with Gasteiger partial charge in [0.1, 0.15) is 5.75 Å². The second-order valence-corrected chi connectivity index (χ2v) is 8.27. The van der Waals surface area contributed by atoms with Gasteiger partial charge in [0.2, 0.25) is 0 Å². The molecule has 4 rings (SSSR count). The number of fused-ring (bicyclic) bond motifs is 1. The van der Waals surface area contributed by atoms with Gasteiger partial charge in [-0.2, -0.15) is 0 Å². The second kappa shape index (κ2) is 4.87. The van der Waals surface area contributed by atoms with E-state index in [1.54, 1.807) is 0 Å². The molecule has 3 atom stereocenters. The Morgan fingerprint density at radius 3 is 3.00 bits per heavy atom. The first-order chi connectivity index (χ1) is 10.0. The number of aromatic hydroxyl groups is 1. The molecule has 2 fully saturated rings. The van der Waals surface area contributed by atoms with Crippen LogP contribution in [0.4, 0.5) is 0 Å². The Morgan fingerprint density at radius 1 is 1.38 bits per heavy atom. The number of halogens is 2. The summed E-state index contributed by atoms with van der Waals surface area (Å²) in [5.41, 5.74) is 2.97. The third-order valence-electron chi connectivity index (χ3n) is 6.24. The third kappa shape index (κ3) is 1.87. The van der Waals surface area contributed by atoms with Crippen LogP contribution in [0.15, 0.2) is 10.5 Å². The Bertz CT molecular complexity index is 605. The number of rotatable bonds is 0. The van der Waals surface area contributed by atoms with E-state index in [1.807, 2.05) is 6.07 Å². The van der Waals surface area contributed by atoms with Crippen LogP contribution in [0.2, 0.25) is 5.02 Å². The van der Waals surface area contributed by atoms with Gasteiger partial charge in [-0.15, -0.1) is 0 Å². The van der Waals surface area contributed by atoms with Crippen LogP contribution in [0, 0.1) is 5.92 Å². The van der Waals surface area contributed by atoms with Crippen molar-refractivity contribution in [3.63, 3.8) is 0 Å². The predicted molar refractivity (Wildman–Crippen MR) is 89.2 cm³/mol. The van der Waals surface area contributed by atoms with Crippen molar-refractivity contribution in [2.75, 3.05) is 13.6 Å². The van der Waals surface area contributed by atoms with E-state index in [2.05, 4.69) is 27.9 Å². The highest BCUT2D eigenvalue weighted by Gasteiger charge is 2.54. The molecule has 0 radical (unpaired) electrons. The molecular weight excluding hydrogens is 350 g/mol. The Kier molecular flexibility index (Phi) is 3.33. The smallest absolute Gasteiger partial charge is 0.148 e. The van der Waals surface area contributed by atoms with Crippen LogP contribution in [0.5, 0.6) is 5.75 Å². The van der Waals surface area contributed by atoms with Gasteiger partial charge in [-0.25, -0.2) is 0 Å². The van der Waals surface area contributed by atoms with Gasteiger partial charge < -0.3 is 10.0 Å². The first kappa shape index (κ1) is 14.3. The van der Waals surface area contributed by atoms with Crippen LogP contribution in [0.25, 0.3) is 0 Å². The van der Waals surface area contributed by atoms with Crippen LogP contribution in [-0.4, -0.2) is 29.6 Å². The molecule has 1 aliphatic heterocycles. The number of phenolic OH excluding ortho intramolecular Hbond substituents is 1. The molecule has 3 aliphatic rings. The van der Waals surface area contributed by atoms with Crippen LogP contribution in [0.3, 0.4) is 0 Å². The normalized spacial score (nSPS) is 35.2. The van der Waals surface area contributed by atoms with Crippen LogP contribution in [-0.2, 0) is 11.8 Å². The standard InChI is InChI=1S/C17H21BrClNO/c1-20-7-6-17-5-3-2-4-11(17)13(20)9-10-8-12(19)16(21)15(18)14(10)17/h8,11,13,21H,2-7,9H2,1H3/t11-,13+,17+/m1/s1. The lowest BCUT2D eigenvalue weighted by Gasteiger charge is -2.58. The second-order valence-electron chi connectivity index (χ2n) is 7.07. The zero-order valence-electron chi connectivity index (χ0n) is 12.3. The largest absolute Gasteiger partial charge is 0.505 e. The monoisotopic (exact) mass is 369 g/mol. The van der Waals surface area contributed by atoms with Gasteiger partial charge in [-0.05, 0) is 78.3 Å². The average Bonchev–Trinajstić information content (AvgIpc) is 2.48. The van der Waals surface area contributed by atoms with E-state index < -0.39 is 0 Å². The van der Waals surface area contributed by atoms with Crippen molar-refractivity contribution in [2.24, 2.45) is 5.92 Å². The van der Waals surface area contributed by atoms with Crippen molar-refractivity contribution in [3.05, 3.63) is 26.7 Å². The zero-order chi connectivity index (χ0) is 14.8. The lowest BCUT2D eigenvalue weighted by molar-refractivity contribution is 0.00227. The fourth-order valence-corrected chi connectivity index (χ4v) is 6.51. The molecule has 1 aromatic rings. The first-order valence-corrected chi connectivity index (χ1v) is 9.12. The molecule has 2 bridgehead atoms. The van der Waals surface area contributed by atoms with E-state index in [-0.39, 0.29) is 11.2 Å². The van der Waals surface area contributed by atoms with Crippen molar-refractivity contribution >= 4 is 27.5 Å². The van der Waals surface area contributed by atoms with Crippen LogP contribution < -0.4 is 0 Å². The van der Waals surface area contributed by atoms with Crippen molar-refractivity contribution in [1.82, 2.24) is 4.90 Å². The number of benzene rings is 1. The summed E-state index contributed by atoms with van der Waals surface area (Å²) in [6.45, 7) is 1.16. The highest BCUT2D eigenvalue weighted by atomic mass is 79.9. The number of phenols is 1. The molecule has 1 N–H and O–H groups in total. The number of hydrogen-bond acceptors (Lipinski definition) is 2. The number of nitrogens with zero attached hydrogens (tertiary/aromatic N) is 1. The van der Waals surface area contributed by atoms with Gasteiger partial charge in [-0.3, -0.25) is 0 Å². The topological polar surface area (TPSA) is 23.5 Å². The summed E-state index contributed by atoms with van der Waals surface area (Å²) in [5, 5.41) is 10.8. The fraction of sp³-hybridized carbons (Fsp3) is 0.647. The Morgan fingerprint density at radius 2 is 2.19 bits per heavy atom. The SMILES string of the molecule is CN1CC[C@@]23CCCC[C@@H]2[C@@H]1Cc1cc(Cl)c(O)c(Br)c13. The van der Waals surface area contributed by atoms with E-state index in [0.717, 1.165) is 23.4 Å². The highest BCUT2D eigenvalue weighted by molar-refractivity contribution is 9.10. The summed E-state index contributed by atoms with van der Waals surface area (Å²) in [6.07, 6.45) is 7.51. The summed E-state index contributed by atoms with van der Waals surface area (Å²) in [4.78, 5) is 2.55. The van der Waals surface area contributed by atoms with Gasteiger partial charge in [-0.1, -0.05) is 24.4 Å². The maximum absolute atomic E-state index is 10.3. The Labute approximate surface area is 139 Å². The molecule has 1 saturated heterocycles. The van der Waals surface area contributed by atoms with Crippen LogP contribution in [0.1, 0.15) is 43.2 Å². The maximum Gasteiger partial charge on any atom is 0.148 e. The van der Waals surface area contributed by atoms with Gasteiger partial charge in [0.05, 0.1) is 9.50 Å². The molecule has 0 unspecified atom stereocenters. The molecule has 2 aliphatic carbocycles. The van der Waals surface area contributed by atoms with Gasteiger partial charge in [0.15, 0.2) is 0 Å². The van der Waals surface area contributed by atoms with Crippen LogP contribution >= 0.6 is 27.5 Å². The lowest BCUT2D eigenvalue weighted by Crippen LogP contribution is -2.59. The van der Waals surface area contributed by atoms with Crippen molar-refractivity contribution < 1.29 is 5.11 Å². The molecular formula is C17H21BrClNO.